The zero-order valence-electron chi connectivity index (χ0n) is 12.4. The molecule has 0 unspecified atom stereocenters. The lowest BCUT2D eigenvalue weighted by molar-refractivity contribution is -0.137. The molecule has 1 aromatic carbocycles. The van der Waals surface area contributed by atoms with Crippen molar-refractivity contribution in [3.8, 4) is 0 Å². The number of hydrogen-bond acceptors (Lipinski definition) is 2. The van der Waals surface area contributed by atoms with Gasteiger partial charge in [0.25, 0.3) is 5.91 Å². The third-order valence-corrected chi connectivity index (χ3v) is 3.91. The molecule has 1 amide bonds. The van der Waals surface area contributed by atoms with E-state index in [1.807, 2.05) is 0 Å². The van der Waals surface area contributed by atoms with Crippen LogP contribution in [0, 0.1) is 0 Å². The van der Waals surface area contributed by atoms with E-state index in [9.17, 15) is 22.8 Å². The van der Waals surface area contributed by atoms with Gasteiger partial charge in [-0.25, -0.2) is 0 Å². The number of alkyl halides is 3. The van der Waals surface area contributed by atoms with E-state index in [1.165, 1.54) is 12.3 Å². The number of fused-ring (bicyclic) bond motifs is 1. The summed E-state index contributed by atoms with van der Waals surface area (Å²) in [5.74, 6) is -0.529. The lowest BCUT2D eigenvalue weighted by atomic mass is 10.1. The van der Waals surface area contributed by atoms with Gasteiger partial charge >= 0.3 is 6.18 Å². The van der Waals surface area contributed by atoms with E-state index in [0.29, 0.717) is 12.1 Å². The van der Waals surface area contributed by atoms with Crippen molar-refractivity contribution in [3.05, 3.63) is 45.7 Å². The molecule has 1 heterocycles. The van der Waals surface area contributed by atoms with Gasteiger partial charge in [-0.1, -0.05) is 0 Å². The first-order valence-corrected chi connectivity index (χ1v) is 7.36. The highest BCUT2D eigenvalue weighted by molar-refractivity contribution is 5.97. The Morgan fingerprint density at radius 1 is 1.35 bits per heavy atom. The Labute approximate surface area is 129 Å². The summed E-state index contributed by atoms with van der Waals surface area (Å²) in [6.45, 7) is 2.23. The lowest BCUT2D eigenvalue weighted by Crippen LogP contribution is -2.31. The highest BCUT2D eigenvalue weighted by atomic mass is 19.4. The van der Waals surface area contributed by atoms with Crippen LogP contribution in [0.2, 0.25) is 0 Å². The molecule has 4 nitrogen and oxygen atoms in total. The van der Waals surface area contributed by atoms with Crippen LogP contribution < -0.4 is 10.7 Å². The van der Waals surface area contributed by atoms with Gasteiger partial charge in [0, 0.05) is 24.2 Å². The summed E-state index contributed by atoms with van der Waals surface area (Å²) in [5, 5.41) is 2.60. The van der Waals surface area contributed by atoms with Crippen LogP contribution in [0.5, 0.6) is 0 Å². The standard InChI is InChI=1S/C16H15F3N2O2/c1-2-21-8-12(15(23)20-10-4-5-10)14(22)11-7-9(16(17,18)19)3-6-13(11)21/h3,6-8,10H,2,4-5H2,1H3,(H,20,23). The third kappa shape index (κ3) is 2.95. The number of aromatic nitrogens is 1. The number of nitrogens with zero attached hydrogens (tertiary/aromatic N) is 1. The van der Waals surface area contributed by atoms with Crippen LogP contribution >= 0.6 is 0 Å². The Hall–Kier alpha value is -2.31. The van der Waals surface area contributed by atoms with Gasteiger partial charge in [0.05, 0.1) is 11.1 Å². The molecule has 1 aliphatic rings. The minimum absolute atomic E-state index is 0.0641. The minimum Gasteiger partial charge on any atom is -0.349 e. The molecule has 0 saturated heterocycles. The number of aryl methyl sites for hydroxylation is 1. The predicted molar refractivity (Wildman–Crippen MR) is 79.4 cm³/mol. The summed E-state index contributed by atoms with van der Waals surface area (Å²) in [6, 6.07) is 3.09. The summed E-state index contributed by atoms with van der Waals surface area (Å²) in [4.78, 5) is 24.6. The predicted octanol–water partition coefficient (Wildman–Crippen LogP) is 2.93. The minimum atomic E-state index is -4.54. The van der Waals surface area contributed by atoms with E-state index < -0.39 is 23.1 Å². The Bertz CT molecular complexity index is 836. The fourth-order valence-corrected chi connectivity index (χ4v) is 2.49. The van der Waals surface area contributed by atoms with Crippen LogP contribution in [-0.2, 0) is 12.7 Å². The first-order chi connectivity index (χ1) is 10.8. The molecule has 23 heavy (non-hydrogen) atoms. The van der Waals surface area contributed by atoms with E-state index in [-0.39, 0.29) is 17.0 Å². The van der Waals surface area contributed by atoms with E-state index >= 15 is 0 Å². The molecule has 1 aliphatic carbocycles. The van der Waals surface area contributed by atoms with Crippen molar-refractivity contribution in [1.82, 2.24) is 9.88 Å². The van der Waals surface area contributed by atoms with Gasteiger partial charge in [-0.05, 0) is 38.0 Å². The van der Waals surface area contributed by atoms with Gasteiger partial charge in [0.2, 0.25) is 5.43 Å². The second-order valence-corrected chi connectivity index (χ2v) is 5.64. The van der Waals surface area contributed by atoms with E-state index in [1.54, 1.807) is 11.5 Å². The molecule has 2 aromatic rings. The number of pyridine rings is 1. The van der Waals surface area contributed by atoms with Gasteiger partial charge in [0.15, 0.2) is 0 Å². The molecular formula is C16H15F3N2O2. The first kappa shape index (κ1) is 15.6. The van der Waals surface area contributed by atoms with E-state index in [2.05, 4.69) is 5.32 Å². The normalized spacial score (nSPS) is 15.0. The summed E-state index contributed by atoms with van der Waals surface area (Å²) >= 11 is 0. The van der Waals surface area contributed by atoms with Gasteiger partial charge in [-0.15, -0.1) is 0 Å². The second-order valence-electron chi connectivity index (χ2n) is 5.64. The zero-order chi connectivity index (χ0) is 16.8. The monoisotopic (exact) mass is 324 g/mol. The smallest absolute Gasteiger partial charge is 0.349 e. The molecule has 0 spiro atoms. The van der Waals surface area contributed by atoms with Gasteiger partial charge in [-0.3, -0.25) is 9.59 Å². The van der Waals surface area contributed by atoms with Crippen LogP contribution in [0.3, 0.4) is 0 Å². The molecule has 0 bridgehead atoms. The number of rotatable bonds is 3. The number of halogens is 3. The zero-order valence-corrected chi connectivity index (χ0v) is 12.4. The van der Waals surface area contributed by atoms with Crippen molar-refractivity contribution >= 4 is 16.8 Å². The molecular weight excluding hydrogens is 309 g/mol. The van der Waals surface area contributed by atoms with Gasteiger partial charge < -0.3 is 9.88 Å². The number of nitrogens with one attached hydrogen (secondary N) is 1. The highest BCUT2D eigenvalue weighted by Crippen LogP contribution is 2.30. The number of benzene rings is 1. The first-order valence-electron chi connectivity index (χ1n) is 7.36. The number of hydrogen-bond donors (Lipinski definition) is 1. The molecule has 0 aliphatic heterocycles. The molecule has 1 aromatic heterocycles. The highest BCUT2D eigenvalue weighted by Gasteiger charge is 2.31. The van der Waals surface area contributed by atoms with Crippen LogP contribution in [0.15, 0.2) is 29.2 Å². The van der Waals surface area contributed by atoms with E-state index in [0.717, 1.165) is 25.0 Å². The van der Waals surface area contributed by atoms with Crippen LogP contribution in [0.1, 0.15) is 35.7 Å². The average molecular weight is 324 g/mol. The van der Waals surface area contributed by atoms with Crippen LogP contribution in [0.4, 0.5) is 13.2 Å². The van der Waals surface area contributed by atoms with E-state index in [4.69, 9.17) is 0 Å². The third-order valence-electron chi connectivity index (χ3n) is 3.91. The average Bonchev–Trinajstić information content (AvgIpc) is 3.30. The molecule has 7 heteroatoms. The molecule has 1 N–H and O–H groups in total. The Balaban J connectivity index is 2.19. The molecule has 1 saturated carbocycles. The van der Waals surface area contributed by atoms with Crippen LogP contribution in [-0.4, -0.2) is 16.5 Å². The SMILES string of the molecule is CCn1cc(C(=O)NC2CC2)c(=O)c2cc(C(F)(F)F)ccc21. The van der Waals surface area contributed by atoms with Gasteiger partial charge in [-0.2, -0.15) is 13.2 Å². The molecule has 122 valence electrons. The lowest BCUT2D eigenvalue weighted by Gasteiger charge is -2.13. The molecule has 1 fully saturated rings. The summed E-state index contributed by atoms with van der Waals surface area (Å²) < 4.78 is 40.3. The van der Waals surface area contributed by atoms with Crippen molar-refractivity contribution in [2.45, 2.75) is 38.5 Å². The Morgan fingerprint density at radius 3 is 2.61 bits per heavy atom. The largest absolute Gasteiger partial charge is 0.416 e. The molecule has 0 radical (unpaired) electrons. The second kappa shape index (κ2) is 5.40. The van der Waals surface area contributed by atoms with Gasteiger partial charge in [0.1, 0.15) is 5.56 Å². The van der Waals surface area contributed by atoms with Crippen molar-refractivity contribution in [2.24, 2.45) is 0 Å². The van der Waals surface area contributed by atoms with Crippen molar-refractivity contribution < 1.29 is 18.0 Å². The molecule has 3 rings (SSSR count). The fraction of sp³-hybridized carbons (Fsp3) is 0.375. The Morgan fingerprint density at radius 2 is 2.04 bits per heavy atom. The Kier molecular flexibility index (Phi) is 3.66. The molecule has 0 atom stereocenters. The summed E-state index contributed by atoms with van der Waals surface area (Å²) in [7, 11) is 0. The quantitative estimate of drug-likeness (QED) is 0.944. The number of carbonyl (C=O) groups excluding carboxylic acids is 1. The van der Waals surface area contributed by atoms with Crippen molar-refractivity contribution in [3.63, 3.8) is 0 Å². The van der Waals surface area contributed by atoms with Crippen LogP contribution in [0.25, 0.3) is 10.9 Å². The van der Waals surface area contributed by atoms with Crippen molar-refractivity contribution in [1.29, 1.82) is 0 Å². The number of amides is 1. The summed E-state index contributed by atoms with van der Waals surface area (Å²) in [5.41, 5.74) is -1.31. The summed E-state index contributed by atoms with van der Waals surface area (Å²) in [6.07, 6.45) is -1.40. The maximum atomic E-state index is 12.9. The van der Waals surface area contributed by atoms with Crippen molar-refractivity contribution in [2.75, 3.05) is 0 Å². The number of carbonyl (C=O) groups is 1. The fourth-order valence-electron chi connectivity index (χ4n) is 2.49. The maximum absolute atomic E-state index is 12.9. The maximum Gasteiger partial charge on any atom is 0.416 e. The topological polar surface area (TPSA) is 51.1 Å².